The maximum atomic E-state index is 12.4. The van der Waals surface area contributed by atoms with Crippen LogP contribution in [0.15, 0.2) is 42.6 Å². The lowest BCUT2D eigenvalue weighted by molar-refractivity contribution is -0.00220. The summed E-state index contributed by atoms with van der Waals surface area (Å²) in [5, 5.41) is 14.3. The van der Waals surface area contributed by atoms with Gasteiger partial charge in [0.05, 0.1) is 11.3 Å². The third-order valence-corrected chi connectivity index (χ3v) is 3.96. The Balaban J connectivity index is 1.73. The summed E-state index contributed by atoms with van der Waals surface area (Å²) in [5.41, 5.74) is 0.721. The van der Waals surface area contributed by atoms with Crippen LogP contribution in [0.1, 0.15) is 30.3 Å². The van der Waals surface area contributed by atoms with Gasteiger partial charge in [-0.2, -0.15) is 5.10 Å². The lowest BCUT2D eigenvalue weighted by Crippen LogP contribution is -2.45. The van der Waals surface area contributed by atoms with Crippen LogP contribution in [0.3, 0.4) is 0 Å². The Labute approximate surface area is 123 Å². The van der Waals surface area contributed by atoms with E-state index in [-0.39, 0.29) is 5.91 Å². The van der Waals surface area contributed by atoms with Gasteiger partial charge in [0.1, 0.15) is 0 Å². The van der Waals surface area contributed by atoms with Crippen LogP contribution in [-0.4, -0.2) is 44.4 Å². The molecule has 0 radical (unpaired) electrons. The highest BCUT2D eigenvalue weighted by Gasteiger charge is 2.30. The van der Waals surface area contributed by atoms with E-state index >= 15 is 0 Å². The summed E-state index contributed by atoms with van der Waals surface area (Å²) in [6, 6.07) is 11.4. The van der Waals surface area contributed by atoms with Crippen molar-refractivity contribution in [2.75, 3.05) is 13.1 Å². The van der Waals surface area contributed by atoms with Gasteiger partial charge in [0.25, 0.3) is 5.91 Å². The average molecular weight is 285 g/mol. The van der Waals surface area contributed by atoms with Crippen LogP contribution in [0, 0.1) is 0 Å². The highest BCUT2D eigenvalue weighted by atomic mass is 16.3. The molecule has 0 bridgehead atoms. The third-order valence-electron chi connectivity index (χ3n) is 3.96. The van der Waals surface area contributed by atoms with Gasteiger partial charge >= 0.3 is 0 Å². The molecule has 2 aromatic rings. The first-order valence-corrected chi connectivity index (χ1v) is 7.18. The Bertz CT molecular complexity index is 624. The number of para-hydroxylation sites is 1. The maximum Gasteiger partial charge on any atom is 0.274 e. The zero-order chi connectivity index (χ0) is 14.9. The van der Waals surface area contributed by atoms with E-state index in [2.05, 4.69) is 5.10 Å². The van der Waals surface area contributed by atoms with Gasteiger partial charge in [-0.05, 0) is 38.0 Å². The number of piperidine rings is 1. The molecule has 3 rings (SSSR count). The number of carbonyl (C=O) groups excluding carboxylic acids is 1. The first-order chi connectivity index (χ1) is 10.1. The summed E-state index contributed by atoms with van der Waals surface area (Å²) in [6.45, 7) is 2.97. The molecular formula is C16H19N3O2. The van der Waals surface area contributed by atoms with Crippen LogP contribution in [0.25, 0.3) is 5.69 Å². The molecule has 0 atom stereocenters. The van der Waals surface area contributed by atoms with Crippen molar-refractivity contribution in [1.29, 1.82) is 0 Å². The van der Waals surface area contributed by atoms with Gasteiger partial charge in [-0.3, -0.25) is 4.79 Å². The molecule has 0 unspecified atom stereocenters. The predicted octanol–water partition coefficient (Wildman–Crippen LogP) is 1.86. The third kappa shape index (κ3) is 2.97. The number of aromatic nitrogens is 2. The minimum absolute atomic E-state index is 0.0693. The molecule has 1 aliphatic rings. The predicted molar refractivity (Wildman–Crippen MR) is 79.3 cm³/mol. The number of hydrogen-bond acceptors (Lipinski definition) is 3. The lowest BCUT2D eigenvalue weighted by atomic mass is 9.94. The largest absolute Gasteiger partial charge is 0.390 e. The number of likely N-dealkylation sites (tertiary alicyclic amines) is 1. The van der Waals surface area contributed by atoms with Crippen molar-refractivity contribution in [3.05, 3.63) is 48.3 Å². The second-order valence-corrected chi connectivity index (χ2v) is 5.77. The lowest BCUT2D eigenvalue weighted by Gasteiger charge is -2.35. The first-order valence-electron chi connectivity index (χ1n) is 7.18. The molecule has 21 heavy (non-hydrogen) atoms. The van der Waals surface area contributed by atoms with Crippen molar-refractivity contribution in [1.82, 2.24) is 14.7 Å². The molecule has 1 aliphatic heterocycles. The Morgan fingerprint density at radius 3 is 2.52 bits per heavy atom. The van der Waals surface area contributed by atoms with E-state index in [1.54, 1.807) is 21.8 Å². The van der Waals surface area contributed by atoms with Gasteiger partial charge in [0.2, 0.25) is 0 Å². The molecule has 1 N–H and O–H groups in total. The van der Waals surface area contributed by atoms with Crippen molar-refractivity contribution in [2.45, 2.75) is 25.4 Å². The van der Waals surface area contributed by atoms with Gasteiger partial charge in [-0.1, -0.05) is 18.2 Å². The standard InChI is InChI=1S/C16H19N3O2/c1-16(21)8-11-18(12-9-16)15(20)14-7-10-19(17-14)13-5-3-2-4-6-13/h2-7,10,21H,8-9,11-12H2,1H3. The van der Waals surface area contributed by atoms with E-state index in [1.165, 1.54) is 0 Å². The van der Waals surface area contributed by atoms with Crippen molar-refractivity contribution < 1.29 is 9.90 Å². The molecule has 110 valence electrons. The second-order valence-electron chi connectivity index (χ2n) is 5.77. The van der Waals surface area contributed by atoms with E-state index in [0.717, 1.165) is 5.69 Å². The molecule has 1 fully saturated rings. The van der Waals surface area contributed by atoms with Crippen LogP contribution in [0.2, 0.25) is 0 Å². The minimum Gasteiger partial charge on any atom is -0.390 e. The second kappa shape index (κ2) is 5.33. The number of nitrogens with zero attached hydrogens (tertiary/aromatic N) is 3. The molecule has 1 saturated heterocycles. The molecule has 0 aliphatic carbocycles. The van der Waals surface area contributed by atoms with Gasteiger partial charge < -0.3 is 10.0 Å². The minimum atomic E-state index is -0.653. The SMILES string of the molecule is CC1(O)CCN(C(=O)c2ccn(-c3ccccc3)n2)CC1. The van der Waals surface area contributed by atoms with E-state index in [4.69, 9.17) is 0 Å². The van der Waals surface area contributed by atoms with Gasteiger partial charge in [0, 0.05) is 19.3 Å². The molecule has 1 aromatic heterocycles. The smallest absolute Gasteiger partial charge is 0.274 e. The highest BCUT2D eigenvalue weighted by Crippen LogP contribution is 2.22. The number of benzene rings is 1. The van der Waals surface area contributed by atoms with E-state index in [1.807, 2.05) is 37.3 Å². The van der Waals surface area contributed by atoms with Crippen LogP contribution in [-0.2, 0) is 0 Å². The fraction of sp³-hybridized carbons (Fsp3) is 0.375. The topological polar surface area (TPSA) is 58.4 Å². The first kappa shape index (κ1) is 13.8. The molecule has 1 aromatic carbocycles. The number of amides is 1. The average Bonchev–Trinajstić information content (AvgIpc) is 2.97. The summed E-state index contributed by atoms with van der Waals surface area (Å²) in [5.74, 6) is -0.0693. The van der Waals surface area contributed by atoms with E-state index in [9.17, 15) is 9.90 Å². The fourth-order valence-corrected chi connectivity index (χ4v) is 2.52. The Morgan fingerprint density at radius 2 is 1.86 bits per heavy atom. The van der Waals surface area contributed by atoms with Crippen molar-refractivity contribution >= 4 is 5.91 Å². The molecule has 5 heteroatoms. The molecule has 5 nitrogen and oxygen atoms in total. The van der Waals surface area contributed by atoms with E-state index < -0.39 is 5.60 Å². The van der Waals surface area contributed by atoms with E-state index in [0.29, 0.717) is 31.6 Å². The van der Waals surface area contributed by atoms with Crippen molar-refractivity contribution in [3.8, 4) is 5.69 Å². The van der Waals surface area contributed by atoms with Crippen LogP contribution in [0.5, 0.6) is 0 Å². The summed E-state index contributed by atoms with van der Waals surface area (Å²) >= 11 is 0. The summed E-state index contributed by atoms with van der Waals surface area (Å²) in [7, 11) is 0. The summed E-state index contributed by atoms with van der Waals surface area (Å²) < 4.78 is 1.70. The van der Waals surface area contributed by atoms with Crippen LogP contribution >= 0.6 is 0 Å². The normalized spacial score (nSPS) is 17.7. The Kier molecular flexibility index (Phi) is 3.51. The number of rotatable bonds is 2. The zero-order valence-corrected chi connectivity index (χ0v) is 12.1. The zero-order valence-electron chi connectivity index (χ0n) is 12.1. The molecule has 0 spiro atoms. The summed E-state index contributed by atoms with van der Waals surface area (Å²) in [4.78, 5) is 14.2. The van der Waals surface area contributed by atoms with Gasteiger partial charge in [0.15, 0.2) is 5.69 Å². The number of hydrogen-bond donors (Lipinski definition) is 1. The summed E-state index contributed by atoms with van der Waals surface area (Å²) in [6.07, 6.45) is 3.01. The number of carbonyl (C=O) groups is 1. The molecular weight excluding hydrogens is 266 g/mol. The maximum absolute atomic E-state index is 12.4. The number of aliphatic hydroxyl groups is 1. The molecule has 1 amide bonds. The molecule has 2 heterocycles. The van der Waals surface area contributed by atoms with Gasteiger partial charge in [-0.15, -0.1) is 0 Å². The van der Waals surface area contributed by atoms with Crippen molar-refractivity contribution in [2.24, 2.45) is 0 Å². The highest BCUT2D eigenvalue weighted by molar-refractivity contribution is 5.92. The Morgan fingerprint density at radius 1 is 1.19 bits per heavy atom. The fourth-order valence-electron chi connectivity index (χ4n) is 2.52. The van der Waals surface area contributed by atoms with Crippen LogP contribution < -0.4 is 0 Å². The molecule has 0 saturated carbocycles. The monoisotopic (exact) mass is 285 g/mol. The van der Waals surface area contributed by atoms with Crippen molar-refractivity contribution in [3.63, 3.8) is 0 Å². The Hall–Kier alpha value is -2.14. The van der Waals surface area contributed by atoms with Gasteiger partial charge in [-0.25, -0.2) is 4.68 Å². The quantitative estimate of drug-likeness (QED) is 0.916. The van der Waals surface area contributed by atoms with Crippen LogP contribution in [0.4, 0.5) is 0 Å².